The van der Waals surface area contributed by atoms with Crippen molar-refractivity contribution < 1.29 is 9.53 Å². The molecular formula is C17H26N2O2. The Bertz CT molecular complexity index is 469. The van der Waals surface area contributed by atoms with Crippen LogP contribution in [-0.4, -0.2) is 31.2 Å². The van der Waals surface area contributed by atoms with Crippen molar-refractivity contribution in [2.24, 2.45) is 0 Å². The average molecular weight is 290 g/mol. The van der Waals surface area contributed by atoms with E-state index in [2.05, 4.69) is 34.0 Å². The van der Waals surface area contributed by atoms with Gasteiger partial charge in [-0.05, 0) is 18.9 Å². The first kappa shape index (κ1) is 17.2. The van der Waals surface area contributed by atoms with Crippen molar-refractivity contribution in [2.45, 2.75) is 33.7 Å². The van der Waals surface area contributed by atoms with Gasteiger partial charge in [-0.15, -0.1) is 0 Å². The molecule has 4 nitrogen and oxygen atoms in total. The van der Waals surface area contributed by atoms with Crippen LogP contribution < -0.4 is 5.32 Å². The molecule has 0 bridgehead atoms. The van der Waals surface area contributed by atoms with Crippen LogP contribution in [0.5, 0.6) is 0 Å². The summed E-state index contributed by atoms with van der Waals surface area (Å²) in [5, 5.41) is 2.81. The van der Waals surface area contributed by atoms with Gasteiger partial charge < -0.3 is 4.74 Å². The summed E-state index contributed by atoms with van der Waals surface area (Å²) in [7, 11) is 1.38. The Hall–Kier alpha value is -1.81. The largest absolute Gasteiger partial charge is 0.453 e. The molecule has 0 radical (unpaired) electrons. The van der Waals surface area contributed by atoms with Gasteiger partial charge in [-0.25, -0.2) is 4.79 Å². The molecule has 4 heteroatoms. The summed E-state index contributed by atoms with van der Waals surface area (Å²) < 4.78 is 4.65. The number of hydrogen-bond acceptors (Lipinski definition) is 3. The standard InChI is InChI=1S/C15H20N2O2.C2H6/c1-12-8-9-17(10-13-6-4-3-5-7-13)11-14(12)16-15(18)19-2;1-2/h3-7H,8-11H2,1-2H3,(H,16,18);1-2H3. The van der Waals surface area contributed by atoms with Crippen LogP contribution in [0.4, 0.5) is 4.79 Å². The Morgan fingerprint density at radius 3 is 2.57 bits per heavy atom. The Balaban J connectivity index is 0.00000106. The first-order valence-electron chi connectivity index (χ1n) is 7.49. The lowest BCUT2D eigenvalue weighted by atomic mass is 10.1. The molecule has 0 saturated carbocycles. The van der Waals surface area contributed by atoms with E-state index in [0.29, 0.717) is 0 Å². The van der Waals surface area contributed by atoms with Crippen LogP contribution in [0.1, 0.15) is 32.8 Å². The van der Waals surface area contributed by atoms with E-state index in [0.717, 1.165) is 31.8 Å². The van der Waals surface area contributed by atoms with Crippen LogP contribution >= 0.6 is 0 Å². The minimum absolute atomic E-state index is 0.393. The molecule has 1 N–H and O–H groups in total. The highest BCUT2D eigenvalue weighted by molar-refractivity contribution is 5.69. The minimum Gasteiger partial charge on any atom is -0.453 e. The highest BCUT2D eigenvalue weighted by atomic mass is 16.5. The molecule has 1 aliphatic heterocycles. The molecule has 1 aromatic carbocycles. The van der Waals surface area contributed by atoms with Crippen LogP contribution in [0.15, 0.2) is 41.6 Å². The topological polar surface area (TPSA) is 41.6 Å². The second kappa shape index (κ2) is 9.19. The molecule has 1 heterocycles. The smallest absolute Gasteiger partial charge is 0.411 e. The molecule has 0 unspecified atom stereocenters. The second-order valence-electron chi connectivity index (χ2n) is 4.82. The van der Waals surface area contributed by atoms with E-state index < -0.39 is 6.09 Å². The quantitative estimate of drug-likeness (QED) is 0.925. The predicted octanol–water partition coefficient (Wildman–Crippen LogP) is 3.55. The van der Waals surface area contributed by atoms with Gasteiger partial charge in [-0.1, -0.05) is 49.8 Å². The molecule has 1 amide bonds. The van der Waals surface area contributed by atoms with Crippen LogP contribution in [0.3, 0.4) is 0 Å². The van der Waals surface area contributed by atoms with E-state index in [4.69, 9.17) is 0 Å². The summed E-state index contributed by atoms with van der Waals surface area (Å²) in [6.45, 7) is 8.74. The van der Waals surface area contributed by atoms with Gasteiger partial charge in [0, 0.05) is 25.3 Å². The van der Waals surface area contributed by atoms with Crippen LogP contribution in [0.25, 0.3) is 0 Å². The average Bonchev–Trinajstić information content (AvgIpc) is 2.53. The van der Waals surface area contributed by atoms with E-state index >= 15 is 0 Å². The lowest BCUT2D eigenvalue weighted by Crippen LogP contribution is -2.37. The molecule has 0 spiro atoms. The summed E-state index contributed by atoms with van der Waals surface area (Å²) in [6.07, 6.45) is 0.586. The maximum Gasteiger partial charge on any atom is 0.411 e. The van der Waals surface area contributed by atoms with Crippen molar-refractivity contribution in [1.29, 1.82) is 0 Å². The number of carbonyl (C=O) groups excluding carboxylic acids is 1. The molecule has 116 valence electrons. The zero-order chi connectivity index (χ0) is 15.7. The number of rotatable bonds is 3. The fourth-order valence-corrected chi connectivity index (χ4v) is 2.21. The number of methoxy groups -OCH3 is 1. The monoisotopic (exact) mass is 290 g/mol. The Kier molecular flexibility index (Phi) is 7.54. The molecule has 0 aliphatic carbocycles. The molecule has 1 aromatic rings. The van der Waals surface area contributed by atoms with Crippen molar-refractivity contribution in [3.63, 3.8) is 0 Å². The summed E-state index contributed by atoms with van der Waals surface area (Å²) in [6, 6.07) is 10.4. The summed E-state index contributed by atoms with van der Waals surface area (Å²) in [4.78, 5) is 13.6. The Morgan fingerprint density at radius 2 is 1.95 bits per heavy atom. The molecule has 0 atom stereocenters. The molecule has 21 heavy (non-hydrogen) atoms. The van der Waals surface area contributed by atoms with E-state index in [1.807, 2.05) is 32.0 Å². The predicted molar refractivity (Wildman–Crippen MR) is 85.9 cm³/mol. The van der Waals surface area contributed by atoms with E-state index in [9.17, 15) is 4.79 Å². The molecular weight excluding hydrogens is 264 g/mol. The SMILES string of the molecule is CC.COC(=O)NC1=C(C)CCN(Cc2ccccc2)C1. The Morgan fingerprint density at radius 1 is 1.29 bits per heavy atom. The number of ether oxygens (including phenoxy) is 1. The number of amides is 1. The van der Waals surface area contributed by atoms with Crippen molar-refractivity contribution >= 4 is 6.09 Å². The highest BCUT2D eigenvalue weighted by Crippen LogP contribution is 2.17. The van der Waals surface area contributed by atoms with Crippen molar-refractivity contribution in [2.75, 3.05) is 20.2 Å². The zero-order valence-electron chi connectivity index (χ0n) is 13.5. The zero-order valence-corrected chi connectivity index (χ0v) is 13.5. The first-order chi connectivity index (χ1) is 10.2. The third kappa shape index (κ3) is 5.60. The third-order valence-corrected chi connectivity index (χ3v) is 3.39. The number of hydrogen-bond donors (Lipinski definition) is 1. The first-order valence-corrected chi connectivity index (χ1v) is 7.49. The molecule has 2 rings (SSSR count). The highest BCUT2D eigenvalue weighted by Gasteiger charge is 2.18. The minimum atomic E-state index is -0.393. The van der Waals surface area contributed by atoms with Crippen molar-refractivity contribution in [1.82, 2.24) is 10.2 Å². The van der Waals surface area contributed by atoms with Crippen LogP contribution in [-0.2, 0) is 11.3 Å². The van der Waals surface area contributed by atoms with Gasteiger partial charge in [0.2, 0.25) is 0 Å². The second-order valence-corrected chi connectivity index (χ2v) is 4.82. The lowest BCUT2D eigenvalue weighted by molar-refractivity contribution is 0.171. The molecule has 0 aromatic heterocycles. The van der Waals surface area contributed by atoms with Crippen molar-refractivity contribution in [3.05, 3.63) is 47.2 Å². The lowest BCUT2D eigenvalue weighted by Gasteiger charge is -2.29. The van der Waals surface area contributed by atoms with Crippen LogP contribution in [0, 0.1) is 0 Å². The number of carbonyl (C=O) groups is 1. The van der Waals surface area contributed by atoms with Gasteiger partial charge >= 0.3 is 6.09 Å². The van der Waals surface area contributed by atoms with Gasteiger partial charge in [0.1, 0.15) is 0 Å². The van der Waals surface area contributed by atoms with Gasteiger partial charge in [0.15, 0.2) is 0 Å². The third-order valence-electron chi connectivity index (χ3n) is 3.39. The number of nitrogens with zero attached hydrogens (tertiary/aromatic N) is 1. The van der Waals surface area contributed by atoms with Gasteiger partial charge in [-0.2, -0.15) is 0 Å². The van der Waals surface area contributed by atoms with Gasteiger partial charge in [0.25, 0.3) is 0 Å². The van der Waals surface area contributed by atoms with Crippen LogP contribution in [0.2, 0.25) is 0 Å². The normalized spacial score (nSPS) is 15.0. The fraction of sp³-hybridized carbons (Fsp3) is 0.471. The van der Waals surface area contributed by atoms with E-state index in [1.165, 1.54) is 18.2 Å². The van der Waals surface area contributed by atoms with Gasteiger partial charge in [-0.3, -0.25) is 10.2 Å². The fourth-order valence-electron chi connectivity index (χ4n) is 2.21. The number of alkyl carbamates (subject to hydrolysis) is 1. The Labute approximate surface area is 127 Å². The summed E-state index contributed by atoms with van der Waals surface area (Å²) in [5.74, 6) is 0. The molecule has 1 aliphatic rings. The molecule has 0 saturated heterocycles. The number of nitrogens with one attached hydrogen (secondary N) is 1. The van der Waals surface area contributed by atoms with Crippen molar-refractivity contribution in [3.8, 4) is 0 Å². The van der Waals surface area contributed by atoms with E-state index in [-0.39, 0.29) is 0 Å². The summed E-state index contributed by atoms with van der Waals surface area (Å²) in [5.41, 5.74) is 3.49. The van der Waals surface area contributed by atoms with E-state index in [1.54, 1.807) is 0 Å². The maximum absolute atomic E-state index is 11.3. The van der Waals surface area contributed by atoms with Gasteiger partial charge in [0.05, 0.1) is 7.11 Å². The number of benzene rings is 1. The maximum atomic E-state index is 11.3. The molecule has 0 fully saturated rings. The summed E-state index contributed by atoms with van der Waals surface area (Å²) >= 11 is 0.